The Bertz CT molecular complexity index is 667. The van der Waals surface area contributed by atoms with Gasteiger partial charge in [-0.15, -0.1) is 11.3 Å². The average Bonchev–Trinajstić information content (AvgIpc) is 2.92. The molecule has 0 bridgehead atoms. The molecule has 1 aromatic heterocycles. The van der Waals surface area contributed by atoms with Crippen LogP contribution in [0.5, 0.6) is 0 Å². The van der Waals surface area contributed by atoms with Crippen LogP contribution in [-0.4, -0.2) is 15.5 Å². The number of hydrogen-bond donors (Lipinski definition) is 2. The molecule has 21 heavy (non-hydrogen) atoms. The monoisotopic (exact) mass is 324 g/mol. The van der Waals surface area contributed by atoms with E-state index in [0.29, 0.717) is 0 Å². The third kappa shape index (κ3) is 4.93. The van der Waals surface area contributed by atoms with Crippen LogP contribution in [0, 0.1) is 0 Å². The summed E-state index contributed by atoms with van der Waals surface area (Å²) in [5.74, 6) is 0.000267. The number of thiophene rings is 1. The minimum Gasteiger partial charge on any atom is -0.316 e. The fraction of sp³-hybridized carbons (Fsp3) is 0.333. The van der Waals surface area contributed by atoms with Crippen LogP contribution in [0.25, 0.3) is 0 Å². The van der Waals surface area contributed by atoms with Gasteiger partial charge in [-0.3, -0.25) is 0 Å². The summed E-state index contributed by atoms with van der Waals surface area (Å²) in [7, 11) is -1.49. The smallest absolute Gasteiger partial charge is 0.216 e. The average molecular weight is 324 g/mol. The van der Waals surface area contributed by atoms with E-state index < -0.39 is 10.0 Å². The molecular weight excluding hydrogens is 304 g/mol. The van der Waals surface area contributed by atoms with Crippen LogP contribution in [0.4, 0.5) is 0 Å². The molecule has 0 fully saturated rings. The minimum atomic E-state index is -3.36. The first-order chi connectivity index (χ1) is 10.00. The number of rotatable bonds is 7. The van der Waals surface area contributed by atoms with Gasteiger partial charge in [0.15, 0.2) is 0 Å². The lowest BCUT2D eigenvalue weighted by Gasteiger charge is -2.13. The fourth-order valence-corrected chi connectivity index (χ4v) is 4.34. The number of sulfonamides is 1. The maximum atomic E-state index is 12.3. The predicted molar refractivity (Wildman–Crippen MR) is 87.7 cm³/mol. The van der Waals surface area contributed by atoms with Gasteiger partial charge in [0.25, 0.3) is 0 Å². The third-order valence-corrected chi connectivity index (χ3v) is 5.54. The molecule has 1 aromatic carbocycles. The highest BCUT2D eigenvalue weighted by Crippen LogP contribution is 2.20. The zero-order valence-corrected chi connectivity index (χ0v) is 13.8. The molecule has 2 aromatic rings. The van der Waals surface area contributed by atoms with Crippen molar-refractivity contribution in [1.29, 1.82) is 0 Å². The summed E-state index contributed by atoms with van der Waals surface area (Å²) in [6.45, 7) is 2.59. The molecule has 6 heteroatoms. The Kier molecular flexibility index (Phi) is 5.52. The summed E-state index contributed by atoms with van der Waals surface area (Å²) < 4.78 is 27.2. The van der Waals surface area contributed by atoms with Crippen molar-refractivity contribution < 1.29 is 8.42 Å². The molecule has 0 spiro atoms. The molecule has 2 rings (SSSR count). The standard InChI is InChI=1S/C15H20N2O2S2/c1-12(15-7-4-8-20-15)17-21(18,19)11-14-6-3-5-13(9-14)10-16-2/h3-9,12,16-17H,10-11H2,1-2H3. The summed E-state index contributed by atoms with van der Waals surface area (Å²) >= 11 is 1.55. The topological polar surface area (TPSA) is 58.2 Å². The van der Waals surface area contributed by atoms with E-state index in [-0.39, 0.29) is 11.8 Å². The summed E-state index contributed by atoms with van der Waals surface area (Å²) in [5, 5.41) is 5.01. The van der Waals surface area contributed by atoms with E-state index in [1.54, 1.807) is 11.3 Å². The molecule has 114 valence electrons. The van der Waals surface area contributed by atoms with Crippen molar-refractivity contribution in [2.24, 2.45) is 0 Å². The Morgan fingerprint density at radius 1 is 1.19 bits per heavy atom. The van der Waals surface area contributed by atoms with Crippen LogP contribution < -0.4 is 10.0 Å². The first-order valence-corrected chi connectivity index (χ1v) is 9.29. The second-order valence-corrected chi connectivity index (χ2v) is 7.70. The van der Waals surface area contributed by atoms with E-state index in [0.717, 1.165) is 22.5 Å². The van der Waals surface area contributed by atoms with E-state index in [9.17, 15) is 8.42 Å². The van der Waals surface area contributed by atoms with E-state index >= 15 is 0 Å². The van der Waals surface area contributed by atoms with Crippen LogP contribution in [0.1, 0.15) is 29.0 Å². The molecule has 0 aliphatic heterocycles. The molecule has 1 atom stereocenters. The lowest BCUT2D eigenvalue weighted by molar-refractivity contribution is 0.567. The van der Waals surface area contributed by atoms with Gasteiger partial charge in [0, 0.05) is 11.4 Å². The zero-order valence-electron chi connectivity index (χ0n) is 12.2. The molecule has 0 aliphatic carbocycles. The van der Waals surface area contributed by atoms with Crippen molar-refractivity contribution >= 4 is 21.4 Å². The normalized spacial score (nSPS) is 13.2. The van der Waals surface area contributed by atoms with Gasteiger partial charge in [-0.05, 0) is 36.5 Å². The van der Waals surface area contributed by atoms with E-state index in [4.69, 9.17) is 0 Å². The van der Waals surface area contributed by atoms with Gasteiger partial charge in [0.2, 0.25) is 10.0 Å². The fourth-order valence-electron chi connectivity index (χ4n) is 2.16. The molecule has 0 aliphatic rings. The van der Waals surface area contributed by atoms with E-state index in [2.05, 4.69) is 10.0 Å². The van der Waals surface area contributed by atoms with Crippen molar-refractivity contribution in [3.8, 4) is 0 Å². The van der Waals surface area contributed by atoms with Crippen molar-refractivity contribution in [3.63, 3.8) is 0 Å². The highest BCUT2D eigenvalue weighted by molar-refractivity contribution is 7.88. The summed E-state index contributed by atoms with van der Waals surface area (Å²) in [4.78, 5) is 1.02. The summed E-state index contributed by atoms with van der Waals surface area (Å²) in [6.07, 6.45) is 0. The van der Waals surface area contributed by atoms with Crippen molar-refractivity contribution in [2.75, 3.05) is 7.05 Å². The number of nitrogens with one attached hydrogen (secondary N) is 2. The van der Waals surface area contributed by atoms with Gasteiger partial charge in [-0.2, -0.15) is 0 Å². The van der Waals surface area contributed by atoms with Crippen molar-refractivity contribution in [1.82, 2.24) is 10.0 Å². The Balaban J connectivity index is 2.05. The molecular formula is C15H20N2O2S2. The van der Waals surface area contributed by atoms with Gasteiger partial charge < -0.3 is 5.32 Å². The van der Waals surface area contributed by atoms with Crippen molar-refractivity contribution in [2.45, 2.75) is 25.3 Å². The number of benzene rings is 1. The predicted octanol–water partition coefficient (Wildman–Crippen LogP) is 2.65. The van der Waals surface area contributed by atoms with Crippen LogP contribution in [0.2, 0.25) is 0 Å². The van der Waals surface area contributed by atoms with Crippen LogP contribution in [-0.2, 0) is 22.3 Å². The summed E-state index contributed by atoms with van der Waals surface area (Å²) in [5.41, 5.74) is 1.88. The van der Waals surface area contributed by atoms with Gasteiger partial charge in [0.1, 0.15) is 0 Å². The first-order valence-electron chi connectivity index (χ1n) is 6.76. The summed E-state index contributed by atoms with van der Waals surface area (Å²) in [6, 6.07) is 11.3. The molecule has 2 N–H and O–H groups in total. The second-order valence-electron chi connectivity index (χ2n) is 4.96. The van der Waals surface area contributed by atoms with Gasteiger partial charge in [-0.25, -0.2) is 13.1 Å². The Morgan fingerprint density at radius 2 is 1.95 bits per heavy atom. The highest BCUT2D eigenvalue weighted by Gasteiger charge is 2.17. The van der Waals surface area contributed by atoms with E-state index in [1.807, 2.05) is 55.7 Å². The van der Waals surface area contributed by atoms with Crippen LogP contribution >= 0.6 is 11.3 Å². The van der Waals surface area contributed by atoms with Gasteiger partial charge in [0.05, 0.1) is 11.8 Å². The molecule has 0 saturated carbocycles. The van der Waals surface area contributed by atoms with Crippen molar-refractivity contribution in [3.05, 3.63) is 57.8 Å². The Labute approximate surface area is 130 Å². The molecule has 0 amide bonds. The maximum absolute atomic E-state index is 12.3. The molecule has 1 heterocycles. The third-order valence-electron chi connectivity index (χ3n) is 3.06. The SMILES string of the molecule is CNCc1cccc(CS(=O)(=O)NC(C)c2cccs2)c1. The highest BCUT2D eigenvalue weighted by atomic mass is 32.2. The van der Waals surface area contributed by atoms with Crippen LogP contribution in [0.3, 0.4) is 0 Å². The van der Waals surface area contributed by atoms with Crippen LogP contribution in [0.15, 0.2) is 41.8 Å². The quantitative estimate of drug-likeness (QED) is 0.823. The molecule has 0 saturated heterocycles. The Morgan fingerprint density at radius 3 is 2.62 bits per heavy atom. The Hall–Kier alpha value is -1.21. The van der Waals surface area contributed by atoms with E-state index in [1.165, 1.54) is 0 Å². The molecule has 0 radical (unpaired) electrons. The second kappa shape index (κ2) is 7.17. The first kappa shape index (κ1) is 16.2. The minimum absolute atomic E-state index is 0.000267. The lowest BCUT2D eigenvalue weighted by Crippen LogP contribution is -2.27. The molecule has 1 unspecified atom stereocenters. The van der Waals surface area contributed by atoms with Gasteiger partial charge >= 0.3 is 0 Å². The largest absolute Gasteiger partial charge is 0.316 e. The maximum Gasteiger partial charge on any atom is 0.216 e. The molecule has 4 nitrogen and oxygen atoms in total. The lowest BCUT2D eigenvalue weighted by atomic mass is 10.1. The zero-order chi connectivity index (χ0) is 15.3. The van der Waals surface area contributed by atoms with Gasteiger partial charge in [-0.1, -0.05) is 30.3 Å². The number of hydrogen-bond acceptors (Lipinski definition) is 4.